The minimum Gasteiger partial charge on any atom is -0.444 e. The zero-order valence-corrected chi connectivity index (χ0v) is 18.2. The van der Waals surface area contributed by atoms with Gasteiger partial charge in [-0.05, 0) is 45.2 Å². The molecule has 2 aromatic rings. The van der Waals surface area contributed by atoms with E-state index in [0.717, 1.165) is 0 Å². The third-order valence-electron chi connectivity index (χ3n) is 4.60. The lowest BCUT2D eigenvalue weighted by molar-refractivity contribution is -0.125. The molecule has 1 saturated heterocycles. The average Bonchev–Trinajstić information content (AvgIpc) is 3.33. The molecule has 0 bridgehead atoms. The van der Waals surface area contributed by atoms with Gasteiger partial charge in [0.1, 0.15) is 11.4 Å². The van der Waals surface area contributed by atoms with Gasteiger partial charge in [0.15, 0.2) is 0 Å². The quantitative estimate of drug-likeness (QED) is 0.581. The van der Waals surface area contributed by atoms with E-state index in [1.54, 1.807) is 26.8 Å². The number of halogens is 1. The number of aromatic nitrogens is 1. The Morgan fingerprint density at radius 3 is 2.63 bits per heavy atom. The fourth-order valence-corrected chi connectivity index (χ4v) is 3.30. The van der Waals surface area contributed by atoms with Gasteiger partial charge < -0.3 is 19.9 Å². The highest BCUT2D eigenvalue weighted by Crippen LogP contribution is 2.24. The number of hydrogen-bond acceptors (Lipinski definition) is 4. The third-order valence-corrected chi connectivity index (χ3v) is 4.60. The molecule has 164 valence electrons. The number of amides is 2. The van der Waals surface area contributed by atoms with Crippen molar-refractivity contribution in [3.05, 3.63) is 35.8 Å². The van der Waals surface area contributed by atoms with E-state index >= 15 is 0 Å². The number of Topliss-reactive ketones (excluding diaryl/α,β-unsaturated/α-hetero) is 1. The lowest BCUT2D eigenvalue weighted by Gasteiger charge is -2.20. The molecular weight excluding hydrogens is 389 g/mol. The normalized spacial score (nSPS) is 16.1. The number of rotatable bonds is 4. The number of alkyl carbamates (subject to hydrolysis) is 1. The molecule has 0 saturated carbocycles. The number of fused-ring (bicyclic) bond motifs is 1. The number of likely N-dealkylation sites (tertiary alicyclic amines) is 1. The van der Waals surface area contributed by atoms with Gasteiger partial charge in [0, 0.05) is 36.7 Å². The number of carbonyl (C=O) groups excluding carboxylic acids is 3. The summed E-state index contributed by atoms with van der Waals surface area (Å²) in [5.74, 6) is -1.92. The van der Waals surface area contributed by atoms with E-state index in [9.17, 15) is 18.8 Å². The van der Waals surface area contributed by atoms with Crippen LogP contribution in [0.15, 0.2) is 24.4 Å². The van der Waals surface area contributed by atoms with Crippen LogP contribution in [0.1, 0.15) is 51.4 Å². The highest BCUT2D eigenvalue weighted by molar-refractivity contribution is 6.44. The van der Waals surface area contributed by atoms with Gasteiger partial charge in [0.05, 0.1) is 5.56 Å². The molecule has 1 aliphatic heterocycles. The topological polar surface area (TPSA) is 91.5 Å². The first-order valence-electron chi connectivity index (χ1n) is 10.2. The fraction of sp³-hybridized carbons (Fsp3) is 0.500. The van der Waals surface area contributed by atoms with Crippen molar-refractivity contribution in [1.29, 1.82) is 0 Å². The van der Waals surface area contributed by atoms with Crippen LogP contribution in [0.5, 0.6) is 0 Å². The summed E-state index contributed by atoms with van der Waals surface area (Å²) in [6.07, 6.45) is 1.52. The summed E-state index contributed by atoms with van der Waals surface area (Å²) in [5, 5.41) is 2.82. The van der Waals surface area contributed by atoms with E-state index < -0.39 is 29.2 Å². The van der Waals surface area contributed by atoms with Crippen LogP contribution in [0.4, 0.5) is 9.18 Å². The van der Waals surface area contributed by atoms with Crippen molar-refractivity contribution in [3.8, 4) is 0 Å². The number of hydrogen-bond donors (Lipinski definition) is 2. The van der Waals surface area contributed by atoms with Gasteiger partial charge in [-0.15, -0.1) is 0 Å². The summed E-state index contributed by atoms with van der Waals surface area (Å²) in [6.45, 7) is 10.5. The van der Waals surface area contributed by atoms with Crippen molar-refractivity contribution < 1.29 is 23.5 Å². The van der Waals surface area contributed by atoms with Crippen molar-refractivity contribution in [1.82, 2.24) is 15.2 Å². The highest BCUT2D eigenvalue weighted by atomic mass is 19.1. The lowest BCUT2D eigenvalue weighted by atomic mass is 10.1. The minimum absolute atomic E-state index is 0.0315. The molecule has 1 atom stereocenters. The smallest absolute Gasteiger partial charge is 0.407 e. The largest absolute Gasteiger partial charge is 0.444 e. The Morgan fingerprint density at radius 2 is 1.97 bits per heavy atom. The number of carbonyl (C=O) groups is 3. The number of ketones is 1. The second-order valence-electron chi connectivity index (χ2n) is 7.98. The van der Waals surface area contributed by atoms with E-state index in [1.165, 1.54) is 23.2 Å². The van der Waals surface area contributed by atoms with E-state index in [1.807, 2.05) is 13.8 Å². The summed E-state index contributed by atoms with van der Waals surface area (Å²) in [6, 6.07) is 4.44. The maximum atomic E-state index is 14.1. The predicted molar refractivity (Wildman–Crippen MR) is 113 cm³/mol. The Hall–Kier alpha value is -2.90. The van der Waals surface area contributed by atoms with E-state index in [-0.39, 0.29) is 16.9 Å². The number of nitrogens with zero attached hydrogens (tertiary/aromatic N) is 1. The maximum absolute atomic E-state index is 14.1. The Morgan fingerprint density at radius 1 is 1.27 bits per heavy atom. The van der Waals surface area contributed by atoms with Crippen molar-refractivity contribution in [2.75, 3.05) is 19.6 Å². The van der Waals surface area contributed by atoms with Gasteiger partial charge in [0.2, 0.25) is 0 Å². The van der Waals surface area contributed by atoms with Crippen LogP contribution < -0.4 is 5.32 Å². The zero-order chi connectivity index (χ0) is 22.5. The van der Waals surface area contributed by atoms with Crippen LogP contribution in [-0.4, -0.2) is 52.9 Å². The van der Waals surface area contributed by atoms with Crippen LogP contribution in [0.2, 0.25) is 0 Å². The van der Waals surface area contributed by atoms with Crippen LogP contribution in [0, 0.1) is 11.7 Å². The predicted octanol–water partition coefficient (Wildman–Crippen LogP) is 3.89. The number of ether oxygens (including phenoxy) is 1. The molecule has 2 amide bonds. The third kappa shape index (κ3) is 5.58. The summed E-state index contributed by atoms with van der Waals surface area (Å²) in [7, 11) is 0. The molecule has 30 heavy (non-hydrogen) atoms. The molecule has 1 fully saturated rings. The molecule has 3 rings (SSSR count). The summed E-state index contributed by atoms with van der Waals surface area (Å²) in [4.78, 5) is 41.2. The molecule has 2 N–H and O–H groups in total. The lowest BCUT2D eigenvalue weighted by Crippen LogP contribution is -2.38. The van der Waals surface area contributed by atoms with Gasteiger partial charge >= 0.3 is 6.09 Å². The first-order chi connectivity index (χ1) is 14.2. The van der Waals surface area contributed by atoms with Crippen molar-refractivity contribution >= 4 is 28.7 Å². The molecule has 1 aromatic carbocycles. The Bertz CT molecular complexity index is 917. The molecular formula is C22H30FN3O4. The number of H-pyrrole nitrogens is 1. The van der Waals surface area contributed by atoms with E-state index in [4.69, 9.17) is 4.74 Å². The first kappa shape index (κ1) is 23.4. The monoisotopic (exact) mass is 419 g/mol. The van der Waals surface area contributed by atoms with Gasteiger partial charge in [-0.2, -0.15) is 0 Å². The molecule has 7 nitrogen and oxygen atoms in total. The van der Waals surface area contributed by atoms with Gasteiger partial charge in [-0.1, -0.05) is 19.9 Å². The molecule has 8 heteroatoms. The van der Waals surface area contributed by atoms with Gasteiger partial charge in [-0.25, -0.2) is 9.18 Å². The summed E-state index contributed by atoms with van der Waals surface area (Å²) >= 11 is 0. The van der Waals surface area contributed by atoms with Crippen molar-refractivity contribution in [3.63, 3.8) is 0 Å². The van der Waals surface area contributed by atoms with Crippen LogP contribution in [0.3, 0.4) is 0 Å². The second-order valence-corrected chi connectivity index (χ2v) is 7.98. The van der Waals surface area contributed by atoms with E-state index in [0.29, 0.717) is 31.6 Å². The molecule has 1 unspecified atom stereocenters. The standard InChI is InChI=1S/C20H24FN3O4.C2H6/c1-20(2,3)28-19(27)23-9-12-7-8-24(11-12)18(26)17(25)13-10-22-15-6-4-5-14(21)16(13)15;1-2/h4-6,10,12,22H,7-9,11H2,1-3H3,(H,23,27);1-2H3. The van der Waals surface area contributed by atoms with Crippen LogP contribution in [0.25, 0.3) is 10.9 Å². The Balaban J connectivity index is 0.00000155. The molecule has 0 spiro atoms. The highest BCUT2D eigenvalue weighted by Gasteiger charge is 2.32. The SMILES string of the molecule is CC.CC(C)(C)OC(=O)NCC1CCN(C(=O)C(=O)c2c[nH]c3cccc(F)c23)C1. The van der Waals surface area contributed by atoms with Crippen molar-refractivity contribution in [2.24, 2.45) is 5.92 Å². The summed E-state index contributed by atoms with van der Waals surface area (Å²) in [5.41, 5.74) is -0.0755. The first-order valence-corrected chi connectivity index (χ1v) is 10.2. The second kappa shape index (κ2) is 9.73. The number of benzene rings is 1. The molecule has 1 aromatic heterocycles. The number of nitrogens with one attached hydrogen (secondary N) is 2. The average molecular weight is 419 g/mol. The minimum atomic E-state index is -0.739. The van der Waals surface area contributed by atoms with Crippen LogP contribution in [-0.2, 0) is 9.53 Å². The Labute approximate surface area is 176 Å². The molecule has 0 aliphatic carbocycles. The van der Waals surface area contributed by atoms with E-state index in [2.05, 4.69) is 10.3 Å². The maximum Gasteiger partial charge on any atom is 0.407 e. The molecule has 0 radical (unpaired) electrons. The van der Waals surface area contributed by atoms with Gasteiger partial charge in [-0.3, -0.25) is 9.59 Å². The zero-order valence-electron chi connectivity index (χ0n) is 18.2. The fourth-order valence-electron chi connectivity index (χ4n) is 3.30. The van der Waals surface area contributed by atoms with Crippen molar-refractivity contribution in [2.45, 2.75) is 46.6 Å². The van der Waals surface area contributed by atoms with Crippen LogP contribution >= 0.6 is 0 Å². The molecule has 1 aliphatic rings. The molecule has 2 heterocycles. The number of aromatic amines is 1. The Kier molecular flexibility index (Phi) is 7.59. The van der Waals surface area contributed by atoms with Gasteiger partial charge in [0.25, 0.3) is 11.7 Å². The summed E-state index contributed by atoms with van der Waals surface area (Å²) < 4.78 is 19.3.